The first-order chi connectivity index (χ1) is 11.0. The summed E-state index contributed by atoms with van der Waals surface area (Å²) in [5.41, 5.74) is 1.75. The zero-order valence-electron chi connectivity index (χ0n) is 13.2. The summed E-state index contributed by atoms with van der Waals surface area (Å²) in [6.07, 6.45) is 3.29. The number of aromatic nitrogens is 2. The van der Waals surface area contributed by atoms with E-state index in [4.69, 9.17) is 0 Å². The molecule has 1 N–H and O–H groups in total. The summed E-state index contributed by atoms with van der Waals surface area (Å²) in [5, 5.41) is 3.31. The molecule has 1 atom stereocenters. The van der Waals surface area contributed by atoms with E-state index in [9.17, 15) is 9.59 Å². The van der Waals surface area contributed by atoms with Crippen molar-refractivity contribution in [3.63, 3.8) is 0 Å². The van der Waals surface area contributed by atoms with Gasteiger partial charge in [-0.2, -0.15) is 4.98 Å². The van der Waals surface area contributed by atoms with E-state index in [0.29, 0.717) is 5.16 Å². The molecule has 0 bridgehead atoms. The molecule has 2 heterocycles. The molecule has 0 aliphatic carbocycles. The molecule has 0 fully saturated rings. The maximum atomic E-state index is 12.5. The van der Waals surface area contributed by atoms with Gasteiger partial charge in [0, 0.05) is 24.0 Å². The minimum atomic E-state index is -0.276. The molecule has 0 saturated carbocycles. The molecule has 3 rings (SSSR count). The number of para-hydroxylation sites is 1. The number of hydrogen-bond donors (Lipinski definition) is 1. The smallest absolute Gasteiger partial charge is 0.273 e. The van der Waals surface area contributed by atoms with Crippen LogP contribution in [-0.4, -0.2) is 20.7 Å². The highest BCUT2D eigenvalue weighted by Crippen LogP contribution is 2.31. The molecule has 0 unspecified atom stereocenters. The van der Waals surface area contributed by atoms with Gasteiger partial charge >= 0.3 is 0 Å². The minimum absolute atomic E-state index is 0.0339. The van der Waals surface area contributed by atoms with Gasteiger partial charge in [0.2, 0.25) is 5.91 Å². The molecule has 2 aromatic rings. The monoisotopic (exact) mass is 329 g/mol. The number of aryl methyl sites for hydroxylation is 1. The Kier molecular flexibility index (Phi) is 4.52. The maximum Gasteiger partial charge on any atom is 0.273 e. The zero-order chi connectivity index (χ0) is 16.4. The highest BCUT2D eigenvalue weighted by Gasteiger charge is 2.26. The van der Waals surface area contributed by atoms with Crippen LogP contribution in [0, 0.1) is 0 Å². The van der Waals surface area contributed by atoms with Crippen LogP contribution in [0.3, 0.4) is 0 Å². The van der Waals surface area contributed by atoms with Gasteiger partial charge in [0.1, 0.15) is 0 Å². The highest BCUT2D eigenvalue weighted by atomic mass is 32.2. The van der Waals surface area contributed by atoms with E-state index < -0.39 is 0 Å². The predicted molar refractivity (Wildman–Crippen MR) is 91.9 cm³/mol. The number of hydrogen-bond acceptors (Lipinski definition) is 4. The first-order valence-corrected chi connectivity index (χ1v) is 8.57. The van der Waals surface area contributed by atoms with Crippen molar-refractivity contribution in [2.75, 3.05) is 5.32 Å². The van der Waals surface area contributed by atoms with Gasteiger partial charge in [-0.3, -0.25) is 9.59 Å². The Morgan fingerprint density at radius 3 is 2.83 bits per heavy atom. The van der Waals surface area contributed by atoms with Crippen LogP contribution in [0.2, 0.25) is 0 Å². The van der Waals surface area contributed by atoms with Crippen LogP contribution in [0.25, 0.3) is 0 Å². The van der Waals surface area contributed by atoms with Crippen molar-refractivity contribution in [3.8, 4) is 0 Å². The van der Waals surface area contributed by atoms with Crippen LogP contribution in [0.5, 0.6) is 0 Å². The van der Waals surface area contributed by atoms with E-state index in [1.54, 1.807) is 6.20 Å². The average molecular weight is 329 g/mol. The molecular weight excluding hydrogens is 310 g/mol. The third-order valence-electron chi connectivity index (χ3n) is 3.85. The van der Waals surface area contributed by atoms with E-state index in [1.165, 1.54) is 17.8 Å². The second-order valence-electron chi connectivity index (χ2n) is 5.84. The Hall–Kier alpha value is -2.08. The van der Waals surface area contributed by atoms with Crippen LogP contribution in [-0.2, 0) is 11.2 Å². The van der Waals surface area contributed by atoms with Gasteiger partial charge in [0.25, 0.3) is 5.56 Å². The lowest BCUT2D eigenvalue weighted by molar-refractivity contribution is -0.115. The summed E-state index contributed by atoms with van der Waals surface area (Å²) in [7, 11) is 0. The van der Waals surface area contributed by atoms with Crippen LogP contribution in [0.4, 0.5) is 5.69 Å². The quantitative estimate of drug-likeness (QED) is 0.880. The largest absolute Gasteiger partial charge is 0.325 e. The van der Waals surface area contributed by atoms with E-state index in [1.807, 2.05) is 42.7 Å². The lowest BCUT2D eigenvalue weighted by Crippen LogP contribution is -2.25. The molecule has 1 amide bonds. The van der Waals surface area contributed by atoms with Gasteiger partial charge in [0.05, 0.1) is 5.25 Å². The molecule has 0 radical (unpaired) electrons. The normalized spacial score (nSPS) is 17.5. The molecular formula is C17H19N3O2S. The lowest BCUT2D eigenvalue weighted by Gasteiger charge is -2.18. The summed E-state index contributed by atoms with van der Waals surface area (Å²) in [5.74, 6) is -0.0339. The third-order valence-corrected chi connectivity index (χ3v) is 5.10. The molecule has 1 aliphatic rings. The van der Waals surface area contributed by atoms with E-state index in [0.717, 1.165) is 24.1 Å². The SMILES string of the molecule is CC(C)n1ccc(=O)nc1S[C@H]1CCc2ccccc2NC1=O. The number of anilines is 1. The summed E-state index contributed by atoms with van der Waals surface area (Å²) >= 11 is 1.37. The molecule has 1 aromatic carbocycles. The first kappa shape index (κ1) is 15.8. The number of fused-ring (bicyclic) bond motifs is 1. The summed E-state index contributed by atoms with van der Waals surface area (Å²) in [6, 6.07) is 9.48. The highest BCUT2D eigenvalue weighted by molar-refractivity contribution is 8.00. The van der Waals surface area contributed by atoms with Gasteiger partial charge in [0.15, 0.2) is 5.16 Å². The standard InChI is InChI=1S/C17H19N3O2S/c1-11(2)20-10-9-15(21)19-17(20)23-14-8-7-12-5-3-4-6-13(12)18-16(14)22/h3-6,9-11,14H,7-8H2,1-2H3,(H,18,22)/t14-/m0/s1. The number of benzene rings is 1. The van der Waals surface area contributed by atoms with Crippen LogP contribution < -0.4 is 10.9 Å². The fourth-order valence-corrected chi connectivity index (χ4v) is 3.80. The van der Waals surface area contributed by atoms with Gasteiger partial charge < -0.3 is 9.88 Å². The molecule has 1 aliphatic heterocycles. The molecule has 0 saturated heterocycles. The van der Waals surface area contributed by atoms with E-state index in [-0.39, 0.29) is 22.8 Å². The van der Waals surface area contributed by atoms with Crippen molar-refractivity contribution in [2.45, 2.75) is 43.1 Å². The number of carbonyl (C=O) groups excluding carboxylic acids is 1. The first-order valence-electron chi connectivity index (χ1n) is 7.69. The van der Waals surface area contributed by atoms with Gasteiger partial charge in [-0.15, -0.1) is 0 Å². The molecule has 120 valence electrons. The van der Waals surface area contributed by atoms with Gasteiger partial charge in [-0.25, -0.2) is 0 Å². The minimum Gasteiger partial charge on any atom is -0.325 e. The van der Waals surface area contributed by atoms with Crippen LogP contribution in [0.1, 0.15) is 31.9 Å². The van der Waals surface area contributed by atoms with Crippen molar-refractivity contribution in [3.05, 3.63) is 52.4 Å². The van der Waals surface area contributed by atoms with Crippen molar-refractivity contribution in [2.24, 2.45) is 0 Å². The van der Waals surface area contributed by atoms with Crippen molar-refractivity contribution >= 4 is 23.4 Å². The topological polar surface area (TPSA) is 64.0 Å². The maximum absolute atomic E-state index is 12.5. The molecule has 0 spiro atoms. The summed E-state index contributed by atoms with van der Waals surface area (Å²) in [6.45, 7) is 4.05. The molecule has 5 nitrogen and oxygen atoms in total. The van der Waals surface area contributed by atoms with E-state index >= 15 is 0 Å². The zero-order valence-corrected chi connectivity index (χ0v) is 14.0. The molecule has 1 aromatic heterocycles. The Bertz CT molecular complexity index is 785. The molecule has 6 heteroatoms. The Morgan fingerprint density at radius 1 is 1.26 bits per heavy atom. The fourth-order valence-electron chi connectivity index (χ4n) is 2.61. The summed E-state index contributed by atoms with van der Waals surface area (Å²) < 4.78 is 1.93. The average Bonchev–Trinajstić information content (AvgIpc) is 2.66. The van der Waals surface area contributed by atoms with Gasteiger partial charge in [-0.05, 0) is 38.3 Å². The molecule has 23 heavy (non-hydrogen) atoms. The number of rotatable bonds is 3. The number of nitrogens with one attached hydrogen (secondary N) is 1. The number of carbonyl (C=O) groups is 1. The Balaban J connectivity index is 1.86. The number of nitrogens with zero attached hydrogens (tertiary/aromatic N) is 2. The third kappa shape index (κ3) is 3.47. The Morgan fingerprint density at radius 2 is 2.04 bits per heavy atom. The fraction of sp³-hybridized carbons (Fsp3) is 0.353. The van der Waals surface area contributed by atoms with Crippen molar-refractivity contribution < 1.29 is 4.79 Å². The predicted octanol–water partition coefficient (Wildman–Crippen LogP) is 2.87. The van der Waals surface area contributed by atoms with Crippen molar-refractivity contribution in [1.29, 1.82) is 0 Å². The van der Waals surface area contributed by atoms with Crippen LogP contribution >= 0.6 is 11.8 Å². The summed E-state index contributed by atoms with van der Waals surface area (Å²) in [4.78, 5) is 28.2. The van der Waals surface area contributed by atoms with E-state index in [2.05, 4.69) is 10.3 Å². The second-order valence-corrected chi connectivity index (χ2v) is 7.01. The Labute approximate surface area is 139 Å². The lowest BCUT2D eigenvalue weighted by atomic mass is 10.1. The van der Waals surface area contributed by atoms with Gasteiger partial charge in [-0.1, -0.05) is 30.0 Å². The second kappa shape index (κ2) is 6.58. The number of thioether (sulfide) groups is 1. The van der Waals surface area contributed by atoms with Crippen LogP contribution in [0.15, 0.2) is 46.5 Å². The van der Waals surface area contributed by atoms with Crippen molar-refractivity contribution in [1.82, 2.24) is 9.55 Å². The number of amides is 1.